The van der Waals surface area contributed by atoms with Gasteiger partial charge in [-0.05, 0) is 52.1 Å². The molecule has 1 aromatic heterocycles. The predicted octanol–water partition coefficient (Wildman–Crippen LogP) is 7.41. The van der Waals surface area contributed by atoms with E-state index in [-0.39, 0.29) is 5.82 Å². The van der Waals surface area contributed by atoms with Crippen molar-refractivity contribution in [3.05, 3.63) is 112 Å². The number of rotatable bonds is 3. The zero-order valence-corrected chi connectivity index (χ0v) is 18.8. The van der Waals surface area contributed by atoms with Crippen molar-refractivity contribution in [1.29, 1.82) is 0 Å². The van der Waals surface area contributed by atoms with E-state index < -0.39 is 0 Å². The van der Waals surface area contributed by atoms with E-state index in [4.69, 9.17) is 16.6 Å². The number of pyridine rings is 1. The topological polar surface area (TPSA) is 16.1 Å². The molecule has 0 radical (unpaired) electrons. The van der Waals surface area contributed by atoms with E-state index in [9.17, 15) is 0 Å². The molecule has 0 atom stereocenters. The fourth-order valence-electron chi connectivity index (χ4n) is 5.08. The maximum absolute atomic E-state index is 15.1. The third-order valence-corrected chi connectivity index (χ3v) is 6.91. The molecule has 0 saturated carbocycles. The lowest BCUT2D eigenvalue weighted by molar-refractivity contribution is 0.246. The molecule has 0 unspecified atom stereocenters. The first-order chi connectivity index (χ1) is 16.2. The van der Waals surface area contributed by atoms with Gasteiger partial charge in [0.05, 0.1) is 21.8 Å². The minimum Gasteiger partial charge on any atom is -0.294 e. The summed E-state index contributed by atoms with van der Waals surface area (Å²) in [5, 5.41) is 3.96. The van der Waals surface area contributed by atoms with Gasteiger partial charge in [0, 0.05) is 25.0 Å². The van der Waals surface area contributed by atoms with Gasteiger partial charge in [0.15, 0.2) is 0 Å². The number of nitrogens with zero attached hydrogens (tertiary/aromatic N) is 2. The van der Waals surface area contributed by atoms with E-state index in [1.807, 2.05) is 12.1 Å². The van der Waals surface area contributed by atoms with E-state index in [1.165, 1.54) is 33.4 Å². The van der Waals surface area contributed by atoms with Gasteiger partial charge in [-0.2, -0.15) is 0 Å². The molecule has 0 N–H and O–H groups in total. The molecule has 1 aliphatic heterocycles. The minimum atomic E-state index is -0.336. The molecule has 33 heavy (non-hydrogen) atoms. The van der Waals surface area contributed by atoms with Gasteiger partial charge in [0.1, 0.15) is 5.82 Å². The summed E-state index contributed by atoms with van der Waals surface area (Å²) in [6.45, 7) is 2.49. The van der Waals surface area contributed by atoms with Crippen molar-refractivity contribution in [2.45, 2.75) is 19.5 Å². The Hall–Kier alpha value is -3.27. The highest BCUT2D eigenvalue weighted by Crippen LogP contribution is 2.40. The molecule has 0 aliphatic carbocycles. The standard InChI is InChI=1S/C29H22ClFN2/c30-24-11-6-12-25(31)28(24)29-23-18-33(17-19-7-2-1-3-8-19)16-15-22(23)27-21-10-5-4-9-20(21)13-14-26(27)32-29/h1-14H,15-18H2. The van der Waals surface area contributed by atoms with Crippen molar-refractivity contribution >= 4 is 33.3 Å². The van der Waals surface area contributed by atoms with E-state index in [0.717, 1.165) is 30.6 Å². The van der Waals surface area contributed by atoms with Gasteiger partial charge in [0.2, 0.25) is 0 Å². The number of benzene rings is 4. The van der Waals surface area contributed by atoms with Crippen molar-refractivity contribution in [3.63, 3.8) is 0 Å². The molecule has 0 amide bonds. The minimum absolute atomic E-state index is 0.336. The maximum atomic E-state index is 15.1. The second kappa shape index (κ2) is 8.26. The third kappa shape index (κ3) is 3.58. The summed E-state index contributed by atoms with van der Waals surface area (Å²) in [4.78, 5) is 7.43. The fourth-order valence-corrected chi connectivity index (χ4v) is 5.33. The van der Waals surface area contributed by atoms with Crippen LogP contribution in [-0.4, -0.2) is 16.4 Å². The average molecular weight is 453 g/mol. The van der Waals surface area contributed by atoms with Crippen LogP contribution in [0.25, 0.3) is 32.9 Å². The normalized spacial score (nSPS) is 14.0. The number of halogens is 2. The SMILES string of the molecule is Fc1cccc(Cl)c1-c1nc2ccc3ccccc3c2c2c1CN(Cc1ccccc1)CC2. The van der Waals surface area contributed by atoms with Crippen LogP contribution >= 0.6 is 11.6 Å². The summed E-state index contributed by atoms with van der Waals surface area (Å²) >= 11 is 6.53. The highest BCUT2D eigenvalue weighted by Gasteiger charge is 2.26. The summed E-state index contributed by atoms with van der Waals surface area (Å²) < 4.78 is 15.1. The second-order valence-electron chi connectivity index (χ2n) is 8.64. The van der Waals surface area contributed by atoms with Crippen LogP contribution in [0.2, 0.25) is 5.02 Å². The zero-order valence-electron chi connectivity index (χ0n) is 18.1. The first-order valence-electron chi connectivity index (χ1n) is 11.2. The Kier molecular flexibility index (Phi) is 5.09. The lowest BCUT2D eigenvalue weighted by Crippen LogP contribution is -2.31. The van der Waals surface area contributed by atoms with Gasteiger partial charge in [-0.1, -0.05) is 78.3 Å². The van der Waals surface area contributed by atoms with Crippen molar-refractivity contribution in [3.8, 4) is 11.3 Å². The molecule has 1 aliphatic rings. The summed E-state index contributed by atoms with van der Waals surface area (Å²) in [6, 6.07) is 27.9. The Morgan fingerprint density at radius 2 is 1.67 bits per heavy atom. The molecule has 0 fully saturated rings. The largest absolute Gasteiger partial charge is 0.294 e. The molecular formula is C29H22ClFN2. The monoisotopic (exact) mass is 452 g/mol. The van der Waals surface area contributed by atoms with Crippen molar-refractivity contribution in [2.24, 2.45) is 0 Å². The van der Waals surface area contributed by atoms with Crippen molar-refractivity contribution < 1.29 is 4.39 Å². The van der Waals surface area contributed by atoms with Crippen LogP contribution in [0.15, 0.2) is 84.9 Å². The lowest BCUT2D eigenvalue weighted by atomic mass is 9.89. The van der Waals surface area contributed by atoms with E-state index in [1.54, 1.807) is 12.1 Å². The number of hydrogen-bond donors (Lipinski definition) is 0. The first-order valence-corrected chi connectivity index (χ1v) is 11.6. The van der Waals surface area contributed by atoms with Crippen LogP contribution < -0.4 is 0 Å². The van der Waals surface area contributed by atoms with Crippen molar-refractivity contribution in [1.82, 2.24) is 9.88 Å². The summed E-state index contributed by atoms with van der Waals surface area (Å²) in [7, 11) is 0. The smallest absolute Gasteiger partial charge is 0.134 e. The number of fused-ring (bicyclic) bond motifs is 5. The molecule has 2 nitrogen and oxygen atoms in total. The molecule has 162 valence electrons. The molecule has 0 saturated heterocycles. The highest BCUT2D eigenvalue weighted by atomic mass is 35.5. The average Bonchev–Trinajstić information content (AvgIpc) is 2.84. The van der Waals surface area contributed by atoms with Crippen LogP contribution in [-0.2, 0) is 19.5 Å². The fraction of sp³-hybridized carbons (Fsp3) is 0.138. The number of aromatic nitrogens is 1. The Bertz CT molecular complexity index is 1480. The van der Waals surface area contributed by atoms with Crippen LogP contribution in [0.4, 0.5) is 4.39 Å². The molecule has 5 aromatic rings. The molecule has 0 bridgehead atoms. The third-order valence-electron chi connectivity index (χ3n) is 6.60. The van der Waals surface area contributed by atoms with Gasteiger partial charge in [0.25, 0.3) is 0 Å². The van der Waals surface area contributed by atoms with Crippen LogP contribution in [0, 0.1) is 5.82 Å². The first kappa shape index (κ1) is 20.3. The van der Waals surface area contributed by atoms with Gasteiger partial charge in [-0.25, -0.2) is 9.37 Å². The zero-order chi connectivity index (χ0) is 22.4. The van der Waals surface area contributed by atoms with Gasteiger partial charge in [-0.3, -0.25) is 4.90 Å². The summed E-state index contributed by atoms with van der Waals surface area (Å²) in [5.74, 6) is -0.336. The molecule has 0 spiro atoms. The Morgan fingerprint density at radius 1 is 0.848 bits per heavy atom. The number of hydrogen-bond acceptors (Lipinski definition) is 2. The van der Waals surface area contributed by atoms with Gasteiger partial charge in [-0.15, -0.1) is 0 Å². The maximum Gasteiger partial charge on any atom is 0.134 e. The lowest BCUT2D eigenvalue weighted by Gasteiger charge is -2.31. The van der Waals surface area contributed by atoms with Crippen LogP contribution in [0.3, 0.4) is 0 Å². The Balaban J connectivity index is 1.59. The van der Waals surface area contributed by atoms with Crippen LogP contribution in [0.1, 0.15) is 16.7 Å². The highest BCUT2D eigenvalue weighted by molar-refractivity contribution is 6.33. The summed E-state index contributed by atoms with van der Waals surface area (Å²) in [6.07, 6.45) is 0.883. The predicted molar refractivity (Wildman–Crippen MR) is 134 cm³/mol. The molecule has 4 aromatic carbocycles. The van der Waals surface area contributed by atoms with E-state index in [0.29, 0.717) is 22.8 Å². The second-order valence-corrected chi connectivity index (χ2v) is 9.05. The molecular weight excluding hydrogens is 431 g/mol. The Morgan fingerprint density at radius 3 is 2.52 bits per heavy atom. The quantitative estimate of drug-likeness (QED) is 0.265. The molecule has 2 heterocycles. The molecule has 4 heteroatoms. The molecule has 6 rings (SSSR count). The summed E-state index contributed by atoms with van der Waals surface area (Å²) in [5.41, 5.74) is 5.55. The van der Waals surface area contributed by atoms with E-state index in [2.05, 4.69) is 59.5 Å². The van der Waals surface area contributed by atoms with Gasteiger partial charge >= 0.3 is 0 Å². The van der Waals surface area contributed by atoms with Gasteiger partial charge < -0.3 is 0 Å². The Labute approximate surface area is 197 Å². The van der Waals surface area contributed by atoms with Crippen LogP contribution in [0.5, 0.6) is 0 Å². The van der Waals surface area contributed by atoms with Crippen molar-refractivity contribution in [2.75, 3.05) is 6.54 Å². The van der Waals surface area contributed by atoms with E-state index >= 15 is 4.39 Å².